The first kappa shape index (κ1) is 10.3. The second kappa shape index (κ2) is 4.51. The molecule has 1 aromatic rings. The number of nitrogens with two attached hydrogens (primary N) is 2. The Hall–Kier alpha value is -1.26. The molecule has 1 aromatic carbocycles. The van der Waals surface area contributed by atoms with Gasteiger partial charge in [-0.3, -0.25) is 0 Å². The fraction of sp³-hybridized carbons (Fsp3) is 0.455. The zero-order valence-electron chi connectivity index (χ0n) is 8.89. The van der Waals surface area contributed by atoms with Crippen molar-refractivity contribution < 1.29 is 0 Å². The summed E-state index contributed by atoms with van der Waals surface area (Å²) < 4.78 is 0. The summed E-state index contributed by atoms with van der Waals surface area (Å²) in [5, 5.41) is 0. The third-order valence-electron chi connectivity index (χ3n) is 2.70. The molecule has 4 N–H and O–H groups in total. The Labute approximate surface area is 90.4 Å². The molecule has 1 aliphatic rings. The van der Waals surface area contributed by atoms with Gasteiger partial charge >= 0.3 is 0 Å². The topological polar surface area (TPSA) is 58.5 Å². The molecule has 15 heavy (non-hydrogen) atoms. The molecule has 0 atom stereocenters. The lowest BCUT2D eigenvalue weighted by atomic mass is 10.2. The van der Waals surface area contributed by atoms with E-state index in [1.807, 2.05) is 0 Å². The number of anilines is 2. The van der Waals surface area contributed by atoms with Crippen molar-refractivity contribution in [1.82, 2.24) is 0 Å². The largest absolute Gasteiger partial charge is 0.351 e. The predicted molar refractivity (Wildman–Crippen MR) is 64.1 cm³/mol. The average molecular weight is 206 g/mol. The van der Waals surface area contributed by atoms with E-state index in [4.69, 9.17) is 11.5 Å². The number of para-hydroxylation sites is 2. The fourth-order valence-corrected chi connectivity index (χ4v) is 2.05. The molecule has 0 radical (unpaired) electrons. The summed E-state index contributed by atoms with van der Waals surface area (Å²) in [5.74, 6) is 0. The van der Waals surface area contributed by atoms with Gasteiger partial charge < -0.3 is 21.3 Å². The SMILES string of the molecule is NCCN1CN(CCN)c2ccccc21. The molecule has 0 unspecified atom stereocenters. The number of hydrogen-bond donors (Lipinski definition) is 2. The van der Waals surface area contributed by atoms with Gasteiger partial charge in [0.1, 0.15) is 0 Å². The van der Waals surface area contributed by atoms with Gasteiger partial charge in [0.15, 0.2) is 0 Å². The van der Waals surface area contributed by atoms with Crippen molar-refractivity contribution in [3.8, 4) is 0 Å². The number of fused-ring (bicyclic) bond motifs is 1. The van der Waals surface area contributed by atoms with E-state index in [1.54, 1.807) is 0 Å². The fourth-order valence-electron chi connectivity index (χ4n) is 2.05. The van der Waals surface area contributed by atoms with Crippen LogP contribution in [0, 0.1) is 0 Å². The third-order valence-corrected chi connectivity index (χ3v) is 2.70. The summed E-state index contributed by atoms with van der Waals surface area (Å²) in [5.41, 5.74) is 13.7. The van der Waals surface area contributed by atoms with E-state index in [0.29, 0.717) is 13.1 Å². The van der Waals surface area contributed by atoms with Crippen molar-refractivity contribution in [2.45, 2.75) is 0 Å². The molecule has 0 saturated heterocycles. The summed E-state index contributed by atoms with van der Waals surface area (Å²) in [6.07, 6.45) is 0. The molecule has 0 spiro atoms. The molecule has 0 aliphatic carbocycles. The zero-order chi connectivity index (χ0) is 10.7. The van der Waals surface area contributed by atoms with Crippen molar-refractivity contribution in [2.75, 3.05) is 42.6 Å². The van der Waals surface area contributed by atoms with Crippen molar-refractivity contribution in [1.29, 1.82) is 0 Å². The first-order chi connectivity index (χ1) is 7.36. The Kier molecular flexibility index (Phi) is 3.08. The van der Waals surface area contributed by atoms with Crippen LogP contribution in [0.5, 0.6) is 0 Å². The summed E-state index contributed by atoms with van der Waals surface area (Å²) in [7, 11) is 0. The highest BCUT2D eigenvalue weighted by Crippen LogP contribution is 2.34. The van der Waals surface area contributed by atoms with Crippen LogP contribution in [0.2, 0.25) is 0 Å². The van der Waals surface area contributed by atoms with Gasteiger partial charge in [-0.25, -0.2) is 0 Å². The Bertz CT molecular complexity index is 295. The molecule has 2 rings (SSSR count). The lowest BCUT2D eigenvalue weighted by molar-refractivity contribution is 0.757. The molecule has 1 heterocycles. The van der Waals surface area contributed by atoms with Crippen LogP contribution in [-0.2, 0) is 0 Å². The summed E-state index contributed by atoms with van der Waals surface area (Å²) in [6.45, 7) is 4.08. The van der Waals surface area contributed by atoms with Crippen LogP contribution in [0.15, 0.2) is 24.3 Å². The molecule has 0 bridgehead atoms. The highest BCUT2D eigenvalue weighted by molar-refractivity contribution is 5.76. The summed E-state index contributed by atoms with van der Waals surface area (Å²) in [4.78, 5) is 4.59. The van der Waals surface area contributed by atoms with E-state index < -0.39 is 0 Å². The van der Waals surface area contributed by atoms with Crippen LogP contribution in [-0.4, -0.2) is 32.8 Å². The first-order valence-corrected chi connectivity index (χ1v) is 5.36. The maximum atomic E-state index is 5.60. The van der Waals surface area contributed by atoms with E-state index >= 15 is 0 Å². The molecule has 4 heteroatoms. The summed E-state index contributed by atoms with van der Waals surface area (Å²) in [6, 6.07) is 8.41. The highest BCUT2D eigenvalue weighted by atomic mass is 15.4. The zero-order valence-corrected chi connectivity index (χ0v) is 8.89. The molecule has 4 nitrogen and oxygen atoms in total. The second-order valence-corrected chi connectivity index (χ2v) is 3.73. The lowest BCUT2D eigenvalue weighted by Crippen LogP contribution is -2.36. The van der Waals surface area contributed by atoms with E-state index in [2.05, 4.69) is 34.1 Å². The molecular weight excluding hydrogens is 188 g/mol. The number of hydrogen-bond acceptors (Lipinski definition) is 4. The Morgan fingerprint density at radius 2 is 1.40 bits per heavy atom. The Morgan fingerprint density at radius 3 is 1.80 bits per heavy atom. The standard InChI is InChI=1S/C11H18N4/c12-5-7-14-9-15(8-6-13)11-4-2-1-3-10(11)14/h1-4H,5-9,12-13H2. The third kappa shape index (κ3) is 1.91. The van der Waals surface area contributed by atoms with Crippen molar-refractivity contribution in [3.05, 3.63) is 24.3 Å². The van der Waals surface area contributed by atoms with Gasteiger partial charge in [-0.05, 0) is 12.1 Å². The van der Waals surface area contributed by atoms with Gasteiger partial charge in [0.2, 0.25) is 0 Å². The summed E-state index contributed by atoms with van der Waals surface area (Å²) >= 11 is 0. The van der Waals surface area contributed by atoms with Crippen LogP contribution in [0.4, 0.5) is 11.4 Å². The normalized spacial score (nSPS) is 14.5. The average Bonchev–Trinajstić information content (AvgIpc) is 2.59. The maximum Gasteiger partial charge on any atom is 0.0905 e. The van der Waals surface area contributed by atoms with Gasteiger partial charge in [-0.1, -0.05) is 12.1 Å². The monoisotopic (exact) mass is 206 g/mol. The van der Waals surface area contributed by atoms with Crippen molar-refractivity contribution >= 4 is 11.4 Å². The van der Waals surface area contributed by atoms with Crippen LogP contribution in [0.1, 0.15) is 0 Å². The van der Waals surface area contributed by atoms with Crippen LogP contribution >= 0.6 is 0 Å². The highest BCUT2D eigenvalue weighted by Gasteiger charge is 2.23. The molecule has 0 amide bonds. The molecule has 0 saturated carbocycles. The second-order valence-electron chi connectivity index (χ2n) is 3.73. The minimum absolute atomic E-state index is 0.685. The Morgan fingerprint density at radius 1 is 0.933 bits per heavy atom. The van der Waals surface area contributed by atoms with Gasteiger partial charge in [0.25, 0.3) is 0 Å². The number of rotatable bonds is 4. The van der Waals surface area contributed by atoms with E-state index in [9.17, 15) is 0 Å². The van der Waals surface area contributed by atoms with E-state index in [0.717, 1.165) is 19.8 Å². The van der Waals surface area contributed by atoms with Crippen LogP contribution < -0.4 is 21.3 Å². The number of benzene rings is 1. The van der Waals surface area contributed by atoms with Crippen LogP contribution in [0.3, 0.4) is 0 Å². The lowest BCUT2D eigenvalue weighted by Gasteiger charge is -2.20. The molecule has 0 fully saturated rings. The van der Waals surface area contributed by atoms with E-state index in [1.165, 1.54) is 11.4 Å². The predicted octanol–water partition coefficient (Wildman–Crippen LogP) is 0.188. The van der Waals surface area contributed by atoms with Crippen molar-refractivity contribution in [3.63, 3.8) is 0 Å². The molecule has 0 aromatic heterocycles. The first-order valence-electron chi connectivity index (χ1n) is 5.36. The number of nitrogens with zero attached hydrogens (tertiary/aromatic N) is 2. The van der Waals surface area contributed by atoms with Gasteiger partial charge in [-0.15, -0.1) is 0 Å². The van der Waals surface area contributed by atoms with Gasteiger partial charge in [-0.2, -0.15) is 0 Å². The quantitative estimate of drug-likeness (QED) is 0.738. The maximum absolute atomic E-state index is 5.60. The molecule has 1 aliphatic heterocycles. The molecular formula is C11H18N4. The minimum Gasteiger partial charge on any atom is -0.351 e. The van der Waals surface area contributed by atoms with Crippen molar-refractivity contribution in [2.24, 2.45) is 11.5 Å². The minimum atomic E-state index is 0.685. The van der Waals surface area contributed by atoms with Gasteiger partial charge in [0.05, 0.1) is 18.0 Å². The smallest absolute Gasteiger partial charge is 0.0905 e. The van der Waals surface area contributed by atoms with E-state index in [-0.39, 0.29) is 0 Å². The van der Waals surface area contributed by atoms with Crippen LogP contribution in [0.25, 0.3) is 0 Å². The Balaban J connectivity index is 2.22. The molecule has 82 valence electrons. The van der Waals surface area contributed by atoms with Gasteiger partial charge in [0, 0.05) is 26.2 Å².